The number of halogens is 1. The SMILES string of the molecule is C[N+]1([O-])C[C@@H]2C[C@H]1CN2c1ccc(-c2ccnc3c(-c4cccc5[nH]ncc45)c(-c4ccncc4)nn23)c(F)c1. The van der Waals surface area contributed by atoms with Gasteiger partial charge in [-0.05, 0) is 48.0 Å². The lowest BCUT2D eigenvalue weighted by molar-refractivity contribution is -0.874. The number of hydrogen-bond donors (Lipinski definition) is 1. The zero-order chi connectivity index (χ0) is 27.0. The molecule has 10 heteroatoms. The van der Waals surface area contributed by atoms with Crippen LogP contribution in [0.2, 0.25) is 0 Å². The third-order valence-corrected chi connectivity index (χ3v) is 8.52. The van der Waals surface area contributed by atoms with Crippen LogP contribution in [0.25, 0.3) is 50.2 Å². The monoisotopic (exact) mass is 532 g/mol. The molecule has 0 saturated carbocycles. The van der Waals surface area contributed by atoms with Gasteiger partial charge in [-0.3, -0.25) is 10.1 Å². The van der Waals surface area contributed by atoms with E-state index >= 15 is 4.39 Å². The molecular weight excluding hydrogens is 507 g/mol. The molecule has 4 aromatic heterocycles. The molecule has 2 bridgehead atoms. The Bertz CT molecular complexity index is 1910. The van der Waals surface area contributed by atoms with Crippen LogP contribution in [-0.2, 0) is 0 Å². The molecule has 2 saturated heterocycles. The maximum absolute atomic E-state index is 15.9. The van der Waals surface area contributed by atoms with Crippen molar-refractivity contribution in [2.45, 2.75) is 18.5 Å². The van der Waals surface area contributed by atoms with Crippen LogP contribution < -0.4 is 4.90 Å². The van der Waals surface area contributed by atoms with Gasteiger partial charge in [0.25, 0.3) is 0 Å². The van der Waals surface area contributed by atoms with Gasteiger partial charge in [-0.15, -0.1) is 0 Å². The Labute approximate surface area is 228 Å². The Hall–Kier alpha value is -4.67. The van der Waals surface area contributed by atoms with Gasteiger partial charge in [0.2, 0.25) is 0 Å². The first kappa shape index (κ1) is 23.2. The highest BCUT2D eigenvalue weighted by molar-refractivity contribution is 6.02. The van der Waals surface area contributed by atoms with E-state index in [0.29, 0.717) is 30.0 Å². The number of pyridine rings is 1. The van der Waals surface area contributed by atoms with Gasteiger partial charge in [-0.1, -0.05) is 12.1 Å². The standard InChI is InChI=1S/C30H25FN8O/c1-39(40)17-20-13-21(39)16-37(20)19-5-6-23(25(31)14-19)27-9-12-33-30-28(22-3-2-4-26-24(22)15-34-35-26)29(36-38(27)30)18-7-10-32-11-8-18/h2-12,14-15,20-21H,13,16-17H2,1H3,(H,34,35)/t20-,21-,39?/m0/s1. The quantitative estimate of drug-likeness (QED) is 0.252. The summed E-state index contributed by atoms with van der Waals surface area (Å²) < 4.78 is 17.4. The summed E-state index contributed by atoms with van der Waals surface area (Å²) in [6, 6.07) is 17.1. The molecule has 2 aromatic carbocycles. The highest BCUT2D eigenvalue weighted by atomic mass is 19.1. The minimum absolute atomic E-state index is 0.0429. The minimum atomic E-state index is -0.341. The van der Waals surface area contributed by atoms with E-state index < -0.39 is 0 Å². The first-order chi connectivity index (χ1) is 19.5. The molecule has 0 aliphatic carbocycles. The van der Waals surface area contributed by atoms with Crippen LogP contribution in [0, 0.1) is 11.0 Å². The molecule has 1 unspecified atom stereocenters. The predicted molar refractivity (Wildman–Crippen MR) is 151 cm³/mol. The summed E-state index contributed by atoms with van der Waals surface area (Å²) in [6.45, 7) is 1.19. The van der Waals surface area contributed by atoms with Crippen molar-refractivity contribution >= 4 is 22.2 Å². The number of quaternary nitrogens is 1. The lowest BCUT2D eigenvalue weighted by atomic mass is 9.99. The van der Waals surface area contributed by atoms with Crippen LogP contribution in [0.4, 0.5) is 10.1 Å². The predicted octanol–water partition coefficient (Wildman–Crippen LogP) is 5.05. The highest BCUT2D eigenvalue weighted by Gasteiger charge is 2.48. The number of likely N-dealkylation sites (N-methyl/N-ethyl adjacent to an activating group) is 1. The number of hydrogen-bond acceptors (Lipinski definition) is 6. The molecule has 40 heavy (non-hydrogen) atoms. The molecule has 0 radical (unpaired) electrons. The van der Waals surface area contributed by atoms with Crippen LogP contribution in [0.15, 0.2) is 79.4 Å². The molecule has 2 aliphatic rings. The van der Waals surface area contributed by atoms with Gasteiger partial charge in [-0.25, -0.2) is 13.9 Å². The molecule has 3 atom stereocenters. The molecule has 0 amide bonds. The number of benzene rings is 2. The second-order valence-electron chi connectivity index (χ2n) is 10.9. The van der Waals surface area contributed by atoms with Crippen molar-refractivity contribution in [2.75, 3.05) is 25.0 Å². The minimum Gasteiger partial charge on any atom is -0.633 e. The summed E-state index contributed by atoms with van der Waals surface area (Å²) in [5.41, 5.74) is 6.73. The zero-order valence-corrected chi connectivity index (χ0v) is 21.7. The summed E-state index contributed by atoms with van der Waals surface area (Å²) in [5.74, 6) is -0.341. The molecule has 0 spiro atoms. The van der Waals surface area contributed by atoms with E-state index in [9.17, 15) is 5.21 Å². The summed E-state index contributed by atoms with van der Waals surface area (Å²) in [7, 11) is 1.74. The normalized spacial score (nSPS) is 22.1. The highest BCUT2D eigenvalue weighted by Crippen LogP contribution is 2.41. The Balaban J connectivity index is 1.29. The third kappa shape index (κ3) is 3.39. The number of nitrogens with zero attached hydrogens (tertiary/aromatic N) is 7. The number of H-pyrrole nitrogens is 1. The number of rotatable bonds is 4. The van der Waals surface area contributed by atoms with Gasteiger partial charge < -0.3 is 14.8 Å². The second-order valence-corrected chi connectivity index (χ2v) is 10.9. The molecule has 9 nitrogen and oxygen atoms in total. The fourth-order valence-electron chi connectivity index (χ4n) is 6.53. The maximum atomic E-state index is 15.9. The molecule has 6 aromatic rings. The summed E-state index contributed by atoms with van der Waals surface area (Å²) >= 11 is 0. The number of aromatic nitrogens is 6. The fraction of sp³-hybridized carbons (Fsp3) is 0.200. The van der Waals surface area contributed by atoms with Gasteiger partial charge in [0, 0.05) is 47.2 Å². The second kappa shape index (κ2) is 8.41. The van der Waals surface area contributed by atoms with E-state index in [1.54, 1.807) is 54.5 Å². The Kier molecular flexibility index (Phi) is 4.89. The Morgan fingerprint density at radius 1 is 1.05 bits per heavy atom. The van der Waals surface area contributed by atoms with Gasteiger partial charge in [0.15, 0.2) is 5.65 Å². The van der Waals surface area contributed by atoms with Crippen molar-refractivity contribution < 1.29 is 9.04 Å². The molecule has 1 N–H and O–H groups in total. The smallest absolute Gasteiger partial charge is 0.164 e. The third-order valence-electron chi connectivity index (χ3n) is 8.52. The van der Waals surface area contributed by atoms with Crippen molar-refractivity contribution in [3.05, 3.63) is 90.4 Å². The average molecular weight is 533 g/mol. The van der Waals surface area contributed by atoms with Crippen LogP contribution in [0.5, 0.6) is 0 Å². The van der Waals surface area contributed by atoms with Crippen LogP contribution in [0.1, 0.15) is 6.42 Å². The molecule has 8 rings (SSSR count). The topological polar surface area (TPSA) is 98.1 Å². The largest absolute Gasteiger partial charge is 0.633 e. The molecule has 2 fully saturated rings. The summed E-state index contributed by atoms with van der Waals surface area (Å²) in [4.78, 5) is 11.1. The number of fused-ring (bicyclic) bond motifs is 4. The summed E-state index contributed by atoms with van der Waals surface area (Å²) in [5, 5.41) is 25.8. The number of aromatic amines is 1. The van der Waals surface area contributed by atoms with Crippen molar-refractivity contribution in [2.24, 2.45) is 0 Å². The Morgan fingerprint density at radius 3 is 2.70 bits per heavy atom. The van der Waals surface area contributed by atoms with Crippen LogP contribution in [-0.4, -0.2) is 66.6 Å². The maximum Gasteiger partial charge on any atom is 0.164 e. The van der Waals surface area contributed by atoms with Crippen molar-refractivity contribution in [1.29, 1.82) is 0 Å². The molecule has 198 valence electrons. The van der Waals surface area contributed by atoms with E-state index in [1.807, 2.05) is 36.4 Å². The first-order valence-corrected chi connectivity index (χ1v) is 13.3. The average Bonchev–Trinajstić information content (AvgIpc) is 3.74. The lowest BCUT2D eigenvalue weighted by Crippen LogP contribution is -2.54. The zero-order valence-electron chi connectivity index (χ0n) is 21.7. The number of anilines is 1. The molecule has 6 heterocycles. The summed E-state index contributed by atoms with van der Waals surface area (Å²) in [6.07, 6.45) is 7.81. The van der Waals surface area contributed by atoms with Crippen molar-refractivity contribution in [1.82, 2.24) is 29.8 Å². The van der Waals surface area contributed by atoms with E-state index in [4.69, 9.17) is 10.1 Å². The number of hydroxylamine groups is 3. The van der Waals surface area contributed by atoms with Crippen molar-refractivity contribution in [3.8, 4) is 33.6 Å². The van der Waals surface area contributed by atoms with E-state index in [1.165, 1.54) is 0 Å². The van der Waals surface area contributed by atoms with Gasteiger partial charge >= 0.3 is 0 Å². The van der Waals surface area contributed by atoms with Gasteiger partial charge in [0.05, 0.1) is 49.1 Å². The first-order valence-electron chi connectivity index (χ1n) is 13.3. The van der Waals surface area contributed by atoms with Gasteiger partial charge in [-0.2, -0.15) is 10.2 Å². The van der Waals surface area contributed by atoms with Crippen LogP contribution in [0.3, 0.4) is 0 Å². The lowest BCUT2D eigenvalue weighted by Gasteiger charge is -2.45. The number of likely N-dealkylation sites (tertiary alicyclic amines) is 1. The number of piperazine rings is 1. The van der Waals surface area contributed by atoms with Crippen LogP contribution >= 0.6 is 0 Å². The fourth-order valence-corrected chi connectivity index (χ4v) is 6.53. The van der Waals surface area contributed by atoms with Gasteiger partial charge in [0.1, 0.15) is 17.6 Å². The van der Waals surface area contributed by atoms with E-state index in [2.05, 4.69) is 20.1 Å². The van der Waals surface area contributed by atoms with E-state index in [0.717, 1.165) is 45.4 Å². The number of nitrogens with one attached hydrogen (secondary N) is 1. The van der Waals surface area contributed by atoms with E-state index in [-0.39, 0.29) is 22.5 Å². The Morgan fingerprint density at radius 2 is 1.93 bits per heavy atom. The molecule has 2 aliphatic heterocycles. The van der Waals surface area contributed by atoms with Crippen molar-refractivity contribution in [3.63, 3.8) is 0 Å². The molecular formula is C30H25FN8O.